The van der Waals surface area contributed by atoms with Crippen molar-refractivity contribution in [2.24, 2.45) is 0 Å². The van der Waals surface area contributed by atoms with Crippen molar-refractivity contribution in [2.45, 2.75) is 46.9 Å². The van der Waals surface area contributed by atoms with Crippen LogP contribution in [0.2, 0.25) is 0 Å². The van der Waals surface area contributed by atoms with Crippen LogP contribution in [-0.2, 0) is 5.41 Å². The molecule has 0 unspecified atom stereocenters. The number of para-hydroxylation sites is 1. The van der Waals surface area contributed by atoms with Gasteiger partial charge in [0.1, 0.15) is 11.6 Å². The molecule has 0 radical (unpaired) electrons. The monoisotopic (exact) mass is 706 g/mol. The molecule has 0 spiro atoms. The Labute approximate surface area is 323 Å². The lowest BCUT2D eigenvalue weighted by Crippen LogP contribution is -2.11. The standard InChI is InChI=1S/C50H45N3O/c1-32-23-34(3)48(54-7)44(26-32)49-52-47-43(19-14-20-46(47)53(49)42-25-33(2)24-38(30-42)36-17-12-9-13-18-36)39-27-40(29-41(28-39)50(4,5)6)45-31-37(21-22-51-45)35-15-10-8-11-16-35/h8-31H,1-7H3/i2D3. The molecule has 0 bridgehead atoms. The molecule has 2 heterocycles. The van der Waals surface area contributed by atoms with Crippen molar-refractivity contribution >= 4 is 11.0 Å². The number of hydrogen-bond donors (Lipinski definition) is 0. The van der Waals surface area contributed by atoms with E-state index in [4.69, 9.17) is 18.8 Å². The van der Waals surface area contributed by atoms with Crippen molar-refractivity contribution < 1.29 is 8.85 Å². The van der Waals surface area contributed by atoms with Crippen LogP contribution in [0.25, 0.3) is 72.7 Å². The fourth-order valence-corrected chi connectivity index (χ4v) is 7.47. The molecule has 8 rings (SSSR count). The second kappa shape index (κ2) is 13.9. The number of nitrogens with zero attached hydrogens (tertiary/aromatic N) is 3. The maximum absolute atomic E-state index is 8.51. The normalized spacial score (nSPS) is 12.7. The van der Waals surface area contributed by atoms with E-state index in [-0.39, 0.29) is 11.0 Å². The van der Waals surface area contributed by atoms with Crippen molar-refractivity contribution in [2.75, 3.05) is 7.11 Å². The fraction of sp³-hybridized carbons (Fsp3) is 0.160. The Bertz CT molecular complexity index is 2760. The van der Waals surface area contributed by atoms with Crippen LogP contribution in [0.3, 0.4) is 0 Å². The molecule has 54 heavy (non-hydrogen) atoms. The highest BCUT2D eigenvalue weighted by Crippen LogP contribution is 2.42. The topological polar surface area (TPSA) is 39.9 Å². The number of pyridine rings is 1. The van der Waals surface area contributed by atoms with Gasteiger partial charge in [0.2, 0.25) is 0 Å². The second-order valence-corrected chi connectivity index (χ2v) is 15.1. The third-order valence-corrected chi connectivity index (χ3v) is 10.1. The molecule has 0 saturated heterocycles. The first kappa shape index (κ1) is 31.3. The van der Waals surface area contributed by atoms with Crippen molar-refractivity contribution in [3.8, 4) is 67.5 Å². The average molecular weight is 707 g/mol. The van der Waals surface area contributed by atoms with Gasteiger partial charge in [-0.25, -0.2) is 4.98 Å². The largest absolute Gasteiger partial charge is 0.496 e. The van der Waals surface area contributed by atoms with Gasteiger partial charge in [-0.15, -0.1) is 0 Å². The maximum atomic E-state index is 8.51. The van der Waals surface area contributed by atoms with Gasteiger partial charge in [0.05, 0.1) is 29.4 Å². The average Bonchev–Trinajstić information content (AvgIpc) is 3.60. The summed E-state index contributed by atoms with van der Waals surface area (Å²) in [6, 6.07) is 47.2. The van der Waals surface area contributed by atoms with E-state index < -0.39 is 6.85 Å². The zero-order valence-electron chi connectivity index (χ0n) is 34.6. The molecule has 6 aromatic carbocycles. The first-order valence-corrected chi connectivity index (χ1v) is 18.3. The minimum atomic E-state index is -2.34. The molecule has 0 atom stereocenters. The first-order chi connectivity index (χ1) is 27.3. The molecule has 4 heteroatoms. The summed E-state index contributed by atoms with van der Waals surface area (Å²) in [6.07, 6.45) is 1.88. The molecule has 2 aromatic heterocycles. The number of fused-ring (bicyclic) bond motifs is 1. The number of rotatable bonds is 7. The minimum Gasteiger partial charge on any atom is -0.496 e. The summed E-state index contributed by atoms with van der Waals surface area (Å²) in [4.78, 5) is 10.4. The molecule has 0 N–H and O–H groups in total. The number of methoxy groups -OCH3 is 1. The summed E-state index contributed by atoms with van der Waals surface area (Å²) in [7, 11) is 1.68. The first-order valence-electron chi connectivity index (χ1n) is 19.8. The van der Waals surface area contributed by atoms with E-state index in [1.807, 2.05) is 55.6 Å². The van der Waals surface area contributed by atoms with E-state index in [1.165, 1.54) is 5.56 Å². The van der Waals surface area contributed by atoms with Crippen molar-refractivity contribution in [3.63, 3.8) is 0 Å². The van der Waals surface area contributed by atoms with E-state index in [9.17, 15) is 0 Å². The molecule has 0 fully saturated rings. The summed E-state index contributed by atoms with van der Waals surface area (Å²) in [5.74, 6) is 1.38. The van der Waals surface area contributed by atoms with Crippen molar-refractivity contribution in [3.05, 3.63) is 168 Å². The van der Waals surface area contributed by atoms with Gasteiger partial charge >= 0.3 is 0 Å². The van der Waals surface area contributed by atoms with Crippen LogP contribution < -0.4 is 4.74 Å². The van der Waals surface area contributed by atoms with E-state index >= 15 is 0 Å². The third-order valence-electron chi connectivity index (χ3n) is 10.1. The number of aromatic nitrogens is 3. The predicted octanol–water partition coefficient (Wildman–Crippen LogP) is 13.0. The van der Waals surface area contributed by atoms with Gasteiger partial charge < -0.3 is 4.74 Å². The zero-order valence-corrected chi connectivity index (χ0v) is 31.6. The zero-order chi connectivity index (χ0) is 40.1. The van der Waals surface area contributed by atoms with Gasteiger partial charge in [0, 0.05) is 27.1 Å². The molecule has 0 aliphatic rings. The van der Waals surface area contributed by atoms with Gasteiger partial charge in [-0.2, -0.15) is 0 Å². The number of hydrogen-bond acceptors (Lipinski definition) is 3. The van der Waals surface area contributed by atoms with E-state index in [0.29, 0.717) is 11.5 Å². The number of benzene rings is 6. The van der Waals surface area contributed by atoms with Crippen LogP contribution in [0.15, 0.2) is 146 Å². The highest BCUT2D eigenvalue weighted by atomic mass is 16.5. The summed E-state index contributed by atoms with van der Waals surface area (Å²) >= 11 is 0. The molecule has 0 amide bonds. The lowest BCUT2D eigenvalue weighted by Gasteiger charge is -2.22. The van der Waals surface area contributed by atoms with Crippen LogP contribution in [0.1, 0.15) is 47.1 Å². The Kier molecular flexibility index (Phi) is 8.08. The lowest BCUT2D eigenvalue weighted by atomic mass is 9.83. The summed E-state index contributed by atoms with van der Waals surface area (Å²) in [5, 5.41) is 0. The van der Waals surface area contributed by atoms with Gasteiger partial charge in [0.15, 0.2) is 0 Å². The smallest absolute Gasteiger partial charge is 0.149 e. The molecular formula is C50H45N3O. The molecule has 8 aromatic rings. The summed E-state index contributed by atoms with van der Waals surface area (Å²) in [5.41, 5.74) is 14.3. The summed E-state index contributed by atoms with van der Waals surface area (Å²) in [6.45, 7) is 8.45. The molecule has 0 aliphatic heterocycles. The van der Waals surface area contributed by atoms with E-state index in [1.54, 1.807) is 19.2 Å². The quantitative estimate of drug-likeness (QED) is 0.166. The van der Waals surface area contributed by atoms with Crippen LogP contribution in [-0.4, -0.2) is 21.6 Å². The number of aryl methyl sites for hydroxylation is 3. The van der Waals surface area contributed by atoms with Gasteiger partial charge in [-0.05, 0) is 125 Å². The van der Waals surface area contributed by atoms with Crippen LogP contribution >= 0.6 is 0 Å². The molecule has 0 aliphatic carbocycles. The molecule has 0 saturated carbocycles. The number of imidazole rings is 1. The maximum Gasteiger partial charge on any atom is 0.149 e. The highest BCUT2D eigenvalue weighted by Gasteiger charge is 2.24. The fourth-order valence-electron chi connectivity index (χ4n) is 7.47. The number of ether oxygens (including phenoxy) is 1. The second-order valence-electron chi connectivity index (χ2n) is 15.1. The lowest BCUT2D eigenvalue weighted by molar-refractivity contribution is 0.413. The Balaban J connectivity index is 1.42. The molecule has 4 nitrogen and oxygen atoms in total. The van der Waals surface area contributed by atoms with Crippen molar-refractivity contribution in [1.29, 1.82) is 0 Å². The Hall–Kier alpha value is -6.26. The van der Waals surface area contributed by atoms with Gasteiger partial charge in [0.25, 0.3) is 0 Å². The predicted molar refractivity (Wildman–Crippen MR) is 226 cm³/mol. The molecular weight excluding hydrogens is 659 g/mol. The third kappa shape index (κ3) is 6.60. The molecule has 266 valence electrons. The van der Waals surface area contributed by atoms with Crippen LogP contribution in [0.4, 0.5) is 0 Å². The van der Waals surface area contributed by atoms with Crippen LogP contribution in [0.5, 0.6) is 5.75 Å². The van der Waals surface area contributed by atoms with E-state index in [2.05, 4.69) is 117 Å². The Morgan fingerprint density at radius 3 is 2.04 bits per heavy atom. The van der Waals surface area contributed by atoms with Gasteiger partial charge in [-0.1, -0.05) is 112 Å². The Morgan fingerprint density at radius 1 is 0.611 bits per heavy atom. The minimum absolute atomic E-state index is 0.157. The highest BCUT2D eigenvalue weighted by molar-refractivity contribution is 5.97. The van der Waals surface area contributed by atoms with E-state index in [0.717, 1.165) is 78.1 Å². The Morgan fingerprint density at radius 2 is 1.33 bits per heavy atom. The van der Waals surface area contributed by atoms with Crippen molar-refractivity contribution in [1.82, 2.24) is 14.5 Å². The SMILES string of the molecule is [2H]C([2H])([2H])c1cc(-c2ccccc2)cc(-n2c(-c3cc(C)cc(C)c3OC)nc3c(-c4cc(-c5cc(-c6ccccc6)ccn5)cc(C(C)(C)C)c4)cccc32)c1. The van der Waals surface area contributed by atoms with Crippen LogP contribution in [0, 0.1) is 20.7 Å². The summed E-state index contributed by atoms with van der Waals surface area (Å²) < 4.78 is 33.7. The van der Waals surface area contributed by atoms with Gasteiger partial charge in [-0.3, -0.25) is 9.55 Å².